The fourth-order valence-corrected chi connectivity index (χ4v) is 2.15. The predicted octanol–water partition coefficient (Wildman–Crippen LogP) is 1.57. The molecule has 0 aromatic carbocycles. The van der Waals surface area contributed by atoms with Crippen LogP contribution in [0.2, 0.25) is 5.02 Å². The second kappa shape index (κ2) is 3.89. The van der Waals surface area contributed by atoms with E-state index in [9.17, 15) is 4.79 Å². The molecule has 0 saturated heterocycles. The lowest BCUT2D eigenvalue weighted by Gasteiger charge is -1.91. The molecule has 0 aliphatic heterocycles. The summed E-state index contributed by atoms with van der Waals surface area (Å²) in [5, 5.41) is 0.640. The van der Waals surface area contributed by atoms with Crippen LogP contribution in [0.25, 0.3) is 0 Å². The number of nitrogens with two attached hydrogens (primary N) is 1. The van der Waals surface area contributed by atoms with Gasteiger partial charge in [-0.2, -0.15) is 0 Å². The van der Waals surface area contributed by atoms with E-state index < -0.39 is 0 Å². The second-order valence-corrected chi connectivity index (χ2v) is 3.75. The number of nitrogen functional groups attached to an aromatic ring is 1. The van der Waals surface area contributed by atoms with Gasteiger partial charge in [0.2, 0.25) is 0 Å². The third kappa shape index (κ3) is 1.77. The fourth-order valence-electron chi connectivity index (χ4n) is 0.831. The molecule has 5 heteroatoms. The Labute approximate surface area is 79.5 Å². The summed E-state index contributed by atoms with van der Waals surface area (Å²) < 4.78 is 0. The van der Waals surface area contributed by atoms with Gasteiger partial charge in [0.15, 0.2) is 0 Å². The van der Waals surface area contributed by atoms with Crippen molar-refractivity contribution in [3.05, 3.63) is 20.8 Å². The summed E-state index contributed by atoms with van der Waals surface area (Å²) in [5.41, 5.74) is 2.06. The minimum Gasteiger partial charge on any atom is -0.289 e. The summed E-state index contributed by atoms with van der Waals surface area (Å²) >= 11 is 7.20. The highest BCUT2D eigenvalue weighted by molar-refractivity contribution is 7.14. The number of hydrazine groups is 1. The van der Waals surface area contributed by atoms with E-state index in [1.807, 2.05) is 6.92 Å². The fraction of sp³-hybridized carbons (Fsp3) is 0.286. The van der Waals surface area contributed by atoms with E-state index in [0.29, 0.717) is 9.90 Å². The van der Waals surface area contributed by atoms with Gasteiger partial charge in [0, 0.05) is 4.88 Å². The molecule has 0 bridgehead atoms. The first kappa shape index (κ1) is 9.51. The number of amides is 1. The van der Waals surface area contributed by atoms with Crippen LogP contribution in [0.3, 0.4) is 0 Å². The second-order valence-electron chi connectivity index (χ2n) is 2.21. The Morgan fingerprint density at radius 1 is 1.83 bits per heavy atom. The first-order valence-corrected chi connectivity index (χ1v) is 4.67. The quantitative estimate of drug-likeness (QED) is 0.437. The summed E-state index contributed by atoms with van der Waals surface area (Å²) in [4.78, 5) is 12.6. The lowest BCUT2D eigenvalue weighted by Crippen LogP contribution is -2.29. The van der Waals surface area contributed by atoms with Crippen molar-refractivity contribution in [1.82, 2.24) is 5.43 Å². The molecule has 1 amide bonds. The molecule has 1 heterocycles. The lowest BCUT2D eigenvalue weighted by atomic mass is 10.3. The number of rotatable bonds is 2. The Hall–Kier alpha value is -0.580. The number of halogens is 1. The number of nitrogens with one attached hydrogen (secondary N) is 1. The van der Waals surface area contributed by atoms with Gasteiger partial charge in [0.05, 0.1) is 9.90 Å². The molecule has 12 heavy (non-hydrogen) atoms. The topological polar surface area (TPSA) is 55.1 Å². The molecule has 0 radical (unpaired) electrons. The van der Waals surface area contributed by atoms with E-state index in [1.165, 1.54) is 11.3 Å². The molecule has 3 N–H and O–H groups in total. The zero-order valence-corrected chi connectivity index (χ0v) is 8.13. The molecule has 66 valence electrons. The van der Waals surface area contributed by atoms with Gasteiger partial charge >= 0.3 is 0 Å². The summed E-state index contributed by atoms with van der Waals surface area (Å²) in [7, 11) is 0. The highest BCUT2D eigenvalue weighted by Crippen LogP contribution is 2.26. The normalized spacial score (nSPS) is 9.92. The molecule has 1 rings (SSSR count). The number of carbonyl (C=O) groups is 1. The maximum Gasteiger partial charge on any atom is 0.275 e. The van der Waals surface area contributed by atoms with Crippen LogP contribution in [0.15, 0.2) is 6.07 Å². The molecule has 0 fully saturated rings. The summed E-state index contributed by atoms with van der Waals surface area (Å²) in [6, 6.07) is 1.63. The molecular formula is C7H9ClN2OS. The third-order valence-electron chi connectivity index (χ3n) is 1.43. The van der Waals surface area contributed by atoms with Gasteiger partial charge in [-0.15, -0.1) is 11.3 Å². The maximum absolute atomic E-state index is 11.0. The van der Waals surface area contributed by atoms with Crippen molar-refractivity contribution >= 4 is 28.8 Å². The van der Waals surface area contributed by atoms with Gasteiger partial charge in [-0.25, -0.2) is 5.84 Å². The zero-order chi connectivity index (χ0) is 9.14. The van der Waals surface area contributed by atoms with Crippen molar-refractivity contribution in [3.63, 3.8) is 0 Å². The Bertz CT molecular complexity index is 298. The van der Waals surface area contributed by atoms with Crippen LogP contribution in [0.1, 0.15) is 21.5 Å². The predicted molar refractivity (Wildman–Crippen MR) is 50.4 cm³/mol. The Balaban J connectivity index is 2.96. The molecule has 0 aliphatic rings. The Kier molecular flexibility index (Phi) is 3.08. The Morgan fingerprint density at radius 2 is 2.50 bits per heavy atom. The number of aryl methyl sites for hydroxylation is 1. The van der Waals surface area contributed by atoms with E-state index in [-0.39, 0.29) is 5.91 Å². The smallest absolute Gasteiger partial charge is 0.275 e. The number of carbonyl (C=O) groups excluding carboxylic acids is 1. The third-order valence-corrected chi connectivity index (χ3v) is 3.16. The number of thiophene rings is 1. The number of hydrogen-bond donors (Lipinski definition) is 2. The SMILES string of the molecule is CCc1sc(C(=O)NN)cc1Cl. The van der Waals surface area contributed by atoms with Crippen LogP contribution < -0.4 is 11.3 Å². The van der Waals surface area contributed by atoms with Crippen molar-refractivity contribution < 1.29 is 4.79 Å². The van der Waals surface area contributed by atoms with Crippen molar-refractivity contribution in [1.29, 1.82) is 0 Å². The van der Waals surface area contributed by atoms with Gasteiger partial charge in [-0.3, -0.25) is 10.2 Å². The summed E-state index contributed by atoms with van der Waals surface area (Å²) in [6.45, 7) is 1.99. The molecule has 0 unspecified atom stereocenters. The van der Waals surface area contributed by atoms with Crippen LogP contribution in [0.5, 0.6) is 0 Å². The number of hydrogen-bond acceptors (Lipinski definition) is 3. The molecule has 3 nitrogen and oxygen atoms in total. The zero-order valence-electron chi connectivity index (χ0n) is 6.56. The molecular weight excluding hydrogens is 196 g/mol. The molecule has 0 saturated carbocycles. The Morgan fingerprint density at radius 3 is 2.92 bits per heavy atom. The standard InChI is InChI=1S/C7H9ClN2OS/c1-2-5-4(8)3-6(12-5)7(11)10-9/h3H,2,9H2,1H3,(H,10,11). The van der Waals surface area contributed by atoms with E-state index >= 15 is 0 Å². The average molecular weight is 205 g/mol. The maximum atomic E-state index is 11.0. The van der Waals surface area contributed by atoms with Gasteiger partial charge in [-0.1, -0.05) is 18.5 Å². The molecule has 0 aliphatic carbocycles. The first-order chi connectivity index (χ1) is 5.69. The van der Waals surface area contributed by atoms with Gasteiger partial charge in [0.25, 0.3) is 5.91 Å². The van der Waals surface area contributed by atoms with E-state index in [0.717, 1.165) is 11.3 Å². The highest BCUT2D eigenvalue weighted by atomic mass is 35.5. The van der Waals surface area contributed by atoms with Crippen LogP contribution in [-0.4, -0.2) is 5.91 Å². The summed E-state index contributed by atoms with van der Waals surface area (Å²) in [6.07, 6.45) is 0.835. The molecule has 1 aromatic rings. The van der Waals surface area contributed by atoms with Crippen molar-refractivity contribution in [3.8, 4) is 0 Å². The molecule has 0 spiro atoms. The van der Waals surface area contributed by atoms with Gasteiger partial charge < -0.3 is 0 Å². The molecule has 0 atom stereocenters. The van der Waals surface area contributed by atoms with Gasteiger partial charge in [-0.05, 0) is 12.5 Å². The van der Waals surface area contributed by atoms with Crippen LogP contribution in [-0.2, 0) is 6.42 Å². The van der Waals surface area contributed by atoms with Crippen LogP contribution in [0.4, 0.5) is 0 Å². The first-order valence-electron chi connectivity index (χ1n) is 3.48. The summed E-state index contributed by atoms with van der Waals surface area (Å²) in [5.74, 6) is 4.68. The van der Waals surface area contributed by atoms with Gasteiger partial charge in [0.1, 0.15) is 0 Å². The van der Waals surface area contributed by atoms with Crippen LogP contribution in [0, 0.1) is 0 Å². The monoisotopic (exact) mass is 204 g/mol. The van der Waals surface area contributed by atoms with Crippen molar-refractivity contribution in [2.24, 2.45) is 5.84 Å². The van der Waals surface area contributed by atoms with E-state index in [4.69, 9.17) is 17.4 Å². The molecule has 1 aromatic heterocycles. The lowest BCUT2D eigenvalue weighted by molar-refractivity contribution is 0.0957. The van der Waals surface area contributed by atoms with E-state index in [2.05, 4.69) is 5.43 Å². The highest BCUT2D eigenvalue weighted by Gasteiger charge is 2.10. The van der Waals surface area contributed by atoms with Crippen molar-refractivity contribution in [2.45, 2.75) is 13.3 Å². The van der Waals surface area contributed by atoms with Crippen molar-refractivity contribution in [2.75, 3.05) is 0 Å². The van der Waals surface area contributed by atoms with Crippen LogP contribution >= 0.6 is 22.9 Å². The van der Waals surface area contributed by atoms with E-state index in [1.54, 1.807) is 6.07 Å². The minimum atomic E-state index is -0.290. The average Bonchev–Trinajstić information content (AvgIpc) is 2.45. The largest absolute Gasteiger partial charge is 0.289 e. The minimum absolute atomic E-state index is 0.290.